The quantitative estimate of drug-likeness (QED) is 0.225. The third-order valence-corrected chi connectivity index (χ3v) is 6.32. The first-order chi connectivity index (χ1) is 19.2. The van der Waals surface area contributed by atoms with Gasteiger partial charge in [0.1, 0.15) is 11.4 Å². The number of hydrogen-bond acceptors (Lipinski definition) is 6. The molecule has 0 spiro atoms. The molecule has 0 saturated heterocycles. The lowest BCUT2D eigenvalue weighted by molar-refractivity contribution is 0.141. The maximum absolute atomic E-state index is 12.7. The number of aromatic amines is 1. The van der Waals surface area contributed by atoms with Crippen molar-refractivity contribution in [2.24, 2.45) is 5.41 Å². The highest BCUT2D eigenvalue weighted by molar-refractivity contribution is 6.00. The van der Waals surface area contributed by atoms with E-state index < -0.39 is 6.09 Å². The van der Waals surface area contributed by atoms with Crippen LogP contribution in [0.5, 0.6) is 11.5 Å². The zero-order chi connectivity index (χ0) is 28.1. The molecule has 0 unspecified atom stereocenters. The minimum Gasteiger partial charge on any atom is -0.493 e. The van der Waals surface area contributed by atoms with E-state index in [-0.39, 0.29) is 5.41 Å². The van der Waals surface area contributed by atoms with Crippen molar-refractivity contribution in [3.63, 3.8) is 0 Å². The number of ether oxygens (including phenoxy) is 2. The summed E-state index contributed by atoms with van der Waals surface area (Å²) in [5, 5.41) is 7.87. The van der Waals surface area contributed by atoms with Crippen molar-refractivity contribution >= 4 is 22.8 Å². The minimum atomic E-state index is -0.610. The summed E-state index contributed by atoms with van der Waals surface area (Å²) in [6, 6.07) is 19.9. The van der Waals surface area contributed by atoms with E-state index in [2.05, 4.69) is 53.2 Å². The van der Waals surface area contributed by atoms with Crippen LogP contribution < -0.4 is 14.8 Å². The van der Waals surface area contributed by atoms with Crippen LogP contribution in [-0.4, -0.2) is 58.0 Å². The molecule has 0 bridgehead atoms. The van der Waals surface area contributed by atoms with Gasteiger partial charge in [-0.2, -0.15) is 5.10 Å². The lowest BCUT2D eigenvalue weighted by atomic mass is 9.94. The van der Waals surface area contributed by atoms with Gasteiger partial charge in [0.25, 0.3) is 0 Å². The first-order valence-electron chi connectivity index (χ1n) is 13.1. The van der Waals surface area contributed by atoms with E-state index in [4.69, 9.17) is 9.47 Å². The number of rotatable bonds is 10. The lowest BCUT2D eigenvalue weighted by Gasteiger charge is -2.28. The topological polar surface area (TPSA) is 97.3 Å². The van der Waals surface area contributed by atoms with Crippen molar-refractivity contribution in [2.75, 3.05) is 32.6 Å². The van der Waals surface area contributed by atoms with Crippen LogP contribution in [0.4, 0.5) is 10.5 Å². The summed E-state index contributed by atoms with van der Waals surface area (Å²) in [5.74, 6) is 1.16. The van der Waals surface area contributed by atoms with Crippen molar-refractivity contribution in [1.82, 2.24) is 24.6 Å². The smallest absolute Gasteiger partial charge is 0.417 e. The van der Waals surface area contributed by atoms with E-state index in [1.54, 1.807) is 23.3 Å². The average Bonchev–Trinajstić information content (AvgIpc) is 3.53. The van der Waals surface area contributed by atoms with Crippen LogP contribution in [0.3, 0.4) is 0 Å². The van der Waals surface area contributed by atoms with E-state index in [1.165, 1.54) is 6.20 Å². The molecule has 0 fully saturated rings. The third kappa shape index (κ3) is 6.86. The molecule has 0 aliphatic rings. The van der Waals surface area contributed by atoms with Gasteiger partial charge >= 0.3 is 6.09 Å². The number of fused-ring (bicyclic) bond motifs is 1. The molecule has 3 heterocycles. The second-order valence-corrected chi connectivity index (χ2v) is 10.9. The van der Waals surface area contributed by atoms with Gasteiger partial charge in [0.15, 0.2) is 5.75 Å². The molecule has 9 heteroatoms. The Morgan fingerprint density at radius 2 is 1.85 bits per heavy atom. The Morgan fingerprint density at radius 1 is 1.02 bits per heavy atom. The molecule has 2 aromatic carbocycles. The molecular formula is C31H34N6O3. The van der Waals surface area contributed by atoms with Crippen molar-refractivity contribution in [1.29, 1.82) is 0 Å². The normalized spacial score (nSPS) is 11.6. The number of H-pyrrole nitrogens is 1. The van der Waals surface area contributed by atoms with E-state index in [1.807, 2.05) is 60.7 Å². The molecular weight excluding hydrogens is 504 g/mol. The second-order valence-electron chi connectivity index (χ2n) is 10.9. The first kappa shape index (κ1) is 27.0. The number of carbonyl (C=O) groups is 1. The lowest BCUT2D eigenvalue weighted by Crippen LogP contribution is -2.33. The minimum absolute atomic E-state index is 0.0147. The summed E-state index contributed by atoms with van der Waals surface area (Å²) in [7, 11) is 4.13. The molecule has 1 amide bonds. The van der Waals surface area contributed by atoms with Crippen LogP contribution >= 0.6 is 0 Å². The zero-order valence-electron chi connectivity index (χ0n) is 23.2. The molecule has 5 aromatic rings. The standard InChI is InChI=1S/C31H34N6O3/c1-31(2,20-36(3)4)21-39-25-12-8-11-23(13-25)24-14-27-28(17-33-29(27)32-15-24)35-30(38)40-26-16-34-37(19-26)18-22-9-6-5-7-10-22/h5-17,19H,18,20-21H2,1-4H3,(H,32,33)(H,35,38). The Morgan fingerprint density at radius 3 is 2.65 bits per heavy atom. The Kier molecular flexibility index (Phi) is 7.84. The number of benzene rings is 2. The number of nitrogens with one attached hydrogen (secondary N) is 2. The van der Waals surface area contributed by atoms with E-state index >= 15 is 0 Å². The SMILES string of the molecule is CN(C)CC(C)(C)COc1cccc(-c2cnc3[nH]cc(NC(=O)Oc4cnn(Cc5ccccc5)c4)c3c2)c1. The van der Waals surface area contributed by atoms with Crippen molar-refractivity contribution < 1.29 is 14.3 Å². The van der Waals surface area contributed by atoms with Crippen LogP contribution in [-0.2, 0) is 6.54 Å². The Labute approximate surface area is 233 Å². The molecule has 0 radical (unpaired) electrons. The third-order valence-electron chi connectivity index (χ3n) is 6.32. The summed E-state index contributed by atoms with van der Waals surface area (Å²) in [5.41, 5.74) is 4.23. The Hall–Kier alpha value is -4.63. The molecule has 40 heavy (non-hydrogen) atoms. The fourth-order valence-electron chi connectivity index (χ4n) is 4.71. The number of anilines is 1. The molecule has 0 saturated carbocycles. The summed E-state index contributed by atoms with van der Waals surface area (Å²) >= 11 is 0. The summed E-state index contributed by atoms with van der Waals surface area (Å²) in [6.45, 7) is 6.50. The number of hydrogen-bond donors (Lipinski definition) is 2. The van der Waals surface area contributed by atoms with Gasteiger partial charge in [-0.3, -0.25) is 10.00 Å². The molecule has 206 valence electrons. The Bertz CT molecular complexity index is 1590. The summed E-state index contributed by atoms with van der Waals surface area (Å²) in [6.07, 6.45) is 6.11. The number of pyridine rings is 1. The highest BCUT2D eigenvalue weighted by Gasteiger charge is 2.20. The predicted octanol–water partition coefficient (Wildman–Crippen LogP) is 6.05. The van der Waals surface area contributed by atoms with Crippen molar-refractivity contribution in [3.8, 4) is 22.6 Å². The number of amides is 1. The van der Waals surface area contributed by atoms with Crippen LogP contribution in [0.15, 0.2) is 85.5 Å². The maximum atomic E-state index is 12.7. The van der Waals surface area contributed by atoms with Gasteiger partial charge in [0, 0.05) is 35.3 Å². The van der Waals surface area contributed by atoms with Crippen LogP contribution in [0, 0.1) is 5.41 Å². The second kappa shape index (κ2) is 11.6. The fraction of sp³-hybridized carbons (Fsp3) is 0.258. The monoisotopic (exact) mass is 538 g/mol. The molecule has 0 atom stereocenters. The largest absolute Gasteiger partial charge is 0.493 e. The van der Waals surface area contributed by atoms with Gasteiger partial charge in [-0.25, -0.2) is 9.78 Å². The van der Waals surface area contributed by atoms with Crippen molar-refractivity contribution in [3.05, 3.63) is 91.0 Å². The first-order valence-corrected chi connectivity index (χ1v) is 13.1. The number of nitrogens with zero attached hydrogens (tertiary/aromatic N) is 4. The van der Waals surface area contributed by atoms with Gasteiger partial charge in [0.2, 0.25) is 0 Å². The average molecular weight is 539 g/mol. The van der Waals surface area contributed by atoms with Crippen molar-refractivity contribution in [2.45, 2.75) is 20.4 Å². The molecule has 2 N–H and O–H groups in total. The summed E-state index contributed by atoms with van der Waals surface area (Å²) in [4.78, 5) is 22.5. The molecule has 0 aliphatic carbocycles. The van der Waals surface area contributed by atoms with Crippen LogP contribution in [0.25, 0.3) is 22.2 Å². The molecule has 5 rings (SSSR count). The van der Waals surface area contributed by atoms with Gasteiger partial charge in [0.05, 0.1) is 31.2 Å². The number of aromatic nitrogens is 4. The van der Waals surface area contributed by atoms with E-state index in [0.29, 0.717) is 30.2 Å². The Balaban J connectivity index is 1.26. The summed E-state index contributed by atoms with van der Waals surface area (Å²) < 4.78 is 13.3. The van der Waals surface area contributed by atoms with Crippen LogP contribution in [0.1, 0.15) is 19.4 Å². The fourth-order valence-corrected chi connectivity index (χ4v) is 4.71. The predicted molar refractivity (Wildman–Crippen MR) is 157 cm³/mol. The van der Waals surface area contributed by atoms with Crippen LogP contribution in [0.2, 0.25) is 0 Å². The highest BCUT2D eigenvalue weighted by atomic mass is 16.6. The van der Waals surface area contributed by atoms with Gasteiger partial charge in [-0.15, -0.1) is 0 Å². The van der Waals surface area contributed by atoms with E-state index in [9.17, 15) is 4.79 Å². The number of carbonyl (C=O) groups excluding carboxylic acids is 1. The maximum Gasteiger partial charge on any atom is 0.417 e. The molecule has 9 nitrogen and oxygen atoms in total. The molecule has 3 aromatic heterocycles. The zero-order valence-corrected chi connectivity index (χ0v) is 23.2. The van der Waals surface area contributed by atoms with Gasteiger partial charge in [-0.1, -0.05) is 56.3 Å². The van der Waals surface area contributed by atoms with Gasteiger partial charge < -0.3 is 19.4 Å². The van der Waals surface area contributed by atoms with E-state index in [0.717, 1.165) is 34.4 Å². The molecule has 0 aliphatic heterocycles. The van der Waals surface area contributed by atoms with Gasteiger partial charge in [-0.05, 0) is 43.4 Å². The highest BCUT2D eigenvalue weighted by Crippen LogP contribution is 2.30.